The van der Waals surface area contributed by atoms with Crippen LogP contribution in [0.25, 0.3) is 0 Å². The minimum Gasteiger partial charge on any atom is -0.508 e. The van der Waals surface area contributed by atoms with Crippen molar-refractivity contribution in [3.63, 3.8) is 0 Å². The van der Waals surface area contributed by atoms with E-state index in [4.69, 9.17) is 28.4 Å². The number of ether oxygens (including phenoxy) is 6. The molecule has 0 aliphatic carbocycles. The van der Waals surface area contributed by atoms with E-state index in [1.165, 1.54) is 0 Å². The van der Waals surface area contributed by atoms with Crippen molar-refractivity contribution < 1.29 is 38.6 Å². The van der Waals surface area contributed by atoms with E-state index < -0.39 is 0 Å². The minimum absolute atomic E-state index is 0.0329. The van der Waals surface area contributed by atoms with Gasteiger partial charge in [0, 0.05) is 36.1 Å². The number of rotatable bonds is 6. The summed E-state index contributed by atoms with van der Waals surface area (Å²) in [4.78, 5) is 0. The number of aromatic hydroxyl groups is 2. The molecule has 2 aliphatic heterocycles. The van der Waals surface area contributed by atoms with Crippen molar-refractivity contribution in [1.82, 2.24) is 0 Å². The van der Waals surface area contributed by atoms with Crippen LogP contribution in [0, 0.1) is 11.8 Å². The monoisotopic (exact) mass is 418 g/mol. The molecule has 0 aromatic heterocycles. The molecule has 2 aliphatic rings. The predicted molar refractivity (Wildman–Crippen MR) is 107 cm³/mol. The average molecular weight is 418 g/mol. The zero-order valence-corrected chi connectivity index (χ0v) is 17.4. The van der Waals surface area contributed by atoms with E-state index in [1.807, 2.05) is 0 Å². The first kappa shape index (κ1) is 20.4. The Labute approximate surface area is 174 Å². The Balaban J connectivity index is 1.71. The van der Waals surface area contributed by atoms with Crippen molar-refractivity contribution in [1.29, 1.82) is 0 Å². The number of benzene rings is 2. The van der Waals surface area contributed by atoms with Gasteiger partial charge in [0.2, 0.25) is 0 Å². The van der Waals surface area contributed by atoms with Gasteiger partial charge in [0.15, 0.2) is 0 Å². The van der Waals surface area contributed by atoms with Crippen LogP contribution in [0.3, 0.4) is 0 Å². The molecule has 4 atom stereocenters. The van der Waals surface area contributed by atoms with Gasteiger partial charge in [0.1, 0.15) is 34.5 Å². The Morgan fingerprint density at radius 2 is 0.933 bits per heavy atom. The van der Waals surface area contributed by atoms with E-state index in [0.29, 0.717) is 36.2 Å². The molecule has 0 spiro atoms. The second kappa shape index (κ2) is 8.12. The van der Waals surface area contributed by atoms with Crippen LogP contribution < -0.4 is 18.9 Å². The maximum atomic E-state index is 9.97. The maximum Gasteiger partial charge on any atom is 0.132 e. The molecule has 4 unspecified atom stereocenters. The van der Waals surface area contributed by atoms with Gasteiger partial charge in [0.25, 0.3) is 0 Å². The minimum atomic E-state index is -0.320. The smallest absolute Gasteiger partial charge is 0.132 e. The molecule has 2 heterocycles. The topological polar surface area (TPSA) is 95.8 Å². The second-order valence-electron chi connectivity index (χ2n) is 7.36. The number of hydrogen-bond donors (Lipinski definition) is 2. The lowest BCUT2D eigenvalue weighted by Gasteiger charge is -2.22. The van der Waals surface area contributed by atoms with Crippen LogP contribution in [0.15, 0.2) is 24.3 Å². The quantitative estimate of drug-likeness (QED) is 0.738. The van der Waals surface area contributed by atoms with Gasteiger partial charge in [-0.1, -0.05) is 0 Å². The van der Waals surface area contributed by atoms with Crippen molar-refractivity contribution in [2.45, 2.75) is 12.2 Å². The summed E-state index contributed by atoms with van der Waals surface area (Å²) in [6.07, 6.45) is -0.640. The number of phenols is 2. The number of phenolic OH excluding ortho intramolecular Hbond substituents is 2. The fraction of sp³-hybridized carbons (Fsp3) is 0.455. The average Bonchev–Trinajstić information content (AvgIpc) is 3.34. The molecule has 162 valence electrons. The largest absolute Gasteiger partial charge is 0.508 e. The van der Waals surface area contributed by atoms with E-state index >= 15 is 0 Å². The van der Waals surface area contributed by atoms with Gasteiger partial charge in [-0.25, -0.2) is 0 Å². The van der Waals surface area contributed by atoms with Crippen LogP contribution in [-0.4, -0.2) is 51.9 Å². The zero-order valence-electron chi connectivity index (χ0n) is 17.4. The third kappa shape index (κ3) is 3.26. The highest BCUT2D eigenvalue weighted by Gasteiger charge is 2.51. The molecule has 0 bridgehead atoms. The van der Waals surface area contributed by atoms with Crippen LogP contribution in [0.1, 0.15) is 23.3 Å². The number of fused-ring (bicyclic) bond motifs is 1. The molecule has 30 heavy (non-hydrogen) atoms. The highest BCUT2D eigenvalue weighted by molar-refractivity contribution is 5.54. The molecule has 4 rings (SSSR count). The Morgan fingerprint density at radius 3 is 1.20 bits per heavy atom. The molecule has 0 saturated carbocycles. The first-order valence-corrected chi connectivity index (χ1v) is 9.65. The van der Waals surface area contributed by atoms with Crippen molar-refractivity contribution in [2.75, 3.05) is 41.7 Å². The molecule has 8 heteroatoms. The lowest BCUT2D eigenvalue weighted by atomic mass is 9.84. The van der Waals surface area contributed by atoms with Crippen molar-refractivity contribution in [3.8, 4) is 34.5 Å². The van der Waals surface area contributed by atoms with Crippen LogP contribution >= 0.6 is 0 Å². The van der Waals surface area contributed by atoms with Crippen LogP contribution in [0.5, 0.6) is 34.5 Å². The Kier molecular flexibility index (Phi) is 5.53. The summed E-state index contributed by atoms with van der Waals surface area (Å²) in [5.74, 6) is 2.18. The summed E-state index contributed by atoms with van der Waals surface area (Å²) in [5.41, 5.74) is 1.50. The molecular formula is C22H26O8. The third-order valence-corrected chi connectivity index (χ3v) is 5.89. The van der Waals surface area contributed by atoms with Crippen LogP contribution in [0.2, 0.25) is 0 Å². The van der Waals surface area contributed by atoms with Gasteiger partial charge in [0.05, 0.1) is 65.0 Å². The van der Waals surface area contributed by atoms with Crippen molar-refractivity contribution >= 4 is 0 Å². The lowest BCUT2D eigenvalue weighted by Crippen LogP contribution is -2.16. The van der Waals surface area contributed by atoms with Crippen molar-refractivity contribution in [2.24, 2.45) is 11.8 Å². The lowest BCUT2D eigenvalue weighted by molar-refractivity contribution is 0.0163. The van der Waals surface area contributed by atoms with Crippen LogP contribution in [0.4, 0.5) is 0 Å². The molecule has 0 radical (unpaired) electrons. The Morgan fingerprint density at radius 1 is 0.633 bits per heavy atom. The first-order chi connectivity index (χ1) is 14.5. The molecule has 2 N–H and O–H groups in total. The third-order valence-electron chi connectivity index (χ3n) is 5.89. The summed E-state index contributed by atoms with van der Waals surface area (Å²) in [5, 5.41) is 19.9. The molecule has 0 amide bonds. The Bertz CT molecular complexity index is 802. The highest BCUT2D eigenvalue weighted by Crippen LogP contribution is 2.56. The summed E-state index contributed by atoms with van der Waals surface area (Å²) in [6, 6.07) is 6.20. The normalized spacial score (nSPS) is 25.1. The van der Waals surface area contributed by atoms with Gasteiger partial charge >= 0.3 is 0 Å². The fourth-order valence-corrected chi connectivity index (χ4v) is 4.55. The summed E-state index contributed by atoms with van der Waals surface area (Å²) in [6.45, 7) is 0.917. The van der Waals surface area contributed by atoms with Gasteiger partial charge in [-0.05, 0) is 0 Å². The molecule has 8 nitrogen and oxygen atoms in total. The van der Waals surface area contributed by atoms with E-state index in [-0.39, 0.29) is 35.5 Å². The van der Waals surface area contributed by atoms with Gasteiger partial charge in [-0.3, -0.25) is 0 Å². The molecular weight excluding hydrogens is 392 g/mol. The maximum absolute atomic E-state index is 9.97. The summed E-state index contributed by atoms with van der Waals surface area (Å²) >= 11 is 0. The molecule has 2 fully saturated rings. The molecule has 2 aromatic carbocycles. The standard InChI is InChI=1S/C22H26O8/c1-25-15-5-11(23)6-16(26-2)19(15)21-13-9-30-22(14(13)10-29-21)20-17(27-3)7-12(24)8-18(20)28-4/h5-8,13-14,21-24H,9-10H2,1-4H3. The van der Waals surface area contributed by atoms with Crippen molar-refractivity contribution in [3.05, 3.63) is 35.4 Å². The summed E-state index contributed by atoms with van der Waals surface area (Å²) in [7, 11) is 6.18. The first-order valence-electron chi connectivity index (χ1n) is 9.65. The van der Waals surface area contributed by atoms with E-state index in [9.17, 15) is 10.2 Å². The Hall–Kier alpha value is -2.84. The summed E-state index contributed by atoms with van der Waals surface area (Å²) < 4.78 is 34.4. The van der Waals surface area contributed by atoms with E-state index in [1.54, 1.807) is 52.7 Å². The number of methoxy groups -OCH3 is 4. The molecule has 2 saturated heterocycles. The van der Waals surface area contributed by atoms with Gasteiger partial charge in [-0.15, -0.1) is 0 Å². The van der Waals surface area contributed by atoms with E-state index in [2.05, 4.69) is 0 Å². The van der Waals surface area contributed by atoms with Gasteiger partial charge < -0.3 is 38.6 Å². The second-order valence-corrected chi connectivity index (χ2v) is 7.36. The van der Waals surface area contributed by atoms with Gasteiger partial charge in [-0.2, -0.15) is 0 Å². The zero-order chi connectivity index (χ0) is 21.4. The SMILES string of the molecule is COc1cc(O)cc(OC)c1C1OCC2C(c3c(OC)cc(O)cc3OC)OCC12. The fourth-order valence-electron chi connectivity index (χ4n) is 4.55. The van der Waals surface area contributed by atoms with Crippen LogP contribution in [-0.2, 0) is 9.47 Å². The molecule has 2 aromatic rings. The highest BCUT2D eigenvalue weighted by atomic mass is 16.5. The van der Waals surface area contributed by atoms with E-state index in [0.717, 1.165) is 11.1 Å². The predicted octanol–water partition coefficient (Wildman–Crippen LogP) is 3.21. The number of hydrogen-bond acceptors (Lipinski definition) is 8.